The first kappa shape index (κ1) is 28.7. The molecule has 0 radical (unpaired) electrons. The van der Waals surface area contributed by atoms with Crippen LogP contribution in [-0.2, 0) is 19.2 Å². The first-order valence-corrected chi connectivity index (χ1v) is 13.9. The fraction of sp³-hybridized carbons (Fsp3) is 0.367. The van der Waals surface area contributed by atoms with E-state index in [1.54, 1.807) is 13.0 Å². The van der Waals surface area contributed by atoms with E-state index < -0.39 is 70.5 Å². The molecule has 2 aromatic rings. The number of primary amides is 1. The lowest BCUT2D eigenvalue weighted by Gasteiger charge is -2.49. The average molecular weight is 612 g/mol. The summed E-state index contributed by atoms with van der Waals surface area (Å²) in [6, 6.07) is 5.43. The van der Waals surface area contributed by atoms with E-state index >= 15 is 0 Å². The van der Waals surface area contributed by atoms with Crippen LogP contribution in [0.25, 0.3) is 0 Å². The fourth-order valence-electron chi connectivity index (χ4n) is 7.56. The Morgan fingerprint density at radius 3 is 2.28 bits per heavy atom. The van der Waals surface area contributed by atoms with Crippen LogP contribution in [-0.4, -0.2) is 53.9 Å². The summed E-state index contributed by atoms with van der Waals surface area (Å²) >= 11 is 6.01. The largest absolute Gasteiger partial charge is 0.502 e. The number of urea groups is 1. The van der Waals surface area contributed by atoms with Crippen LogP contribution in [0.15, 0.2) is 42.0 Å². The molecule has 3 N–H and O–H groups in total. The van der Waals surface area contributed by atoms with Gasteiger partial charge in [0.2, 0.25) is 29.4 Å². The van der Waals surface area contributed by atoms with Crippen molar-refractivity contribution in [2.24, 2.45) is 34.8 Å². The van der Waals surface area contributed by atoms with Crippen LogP contribution in [0.4, 0.5) is 14.9 Å². The highest BCUT2D eigenvalue weighted by atomic mass is 35.5. The number of aromatic hydroxyl groups is 1. The van der Waals surface area contributed by atoms with Crippen molar-refractivity contribution in [1.82, 2.24) is 4.90 Å². The minimum absolute atomic E-state index is 0.0218. The number of allylic oxidation sites excluding steroid dienone is 2. The number of fused-ring (bicyclic) bond motifs is 4. The predicted octanol–water partition coefficient (Wildman–Crippen LogP) is 3.51. The lowest BCUT2D eigenvalue weighted by molar-refractivity contribution is -0.136. The molecular formula is C30H27ClFN3O8. The number of hydrogen-bond acceptors (Lipinski definition) is 8. The molecule has 43 heavy (non-hydrogen) atoms. The van der Waals surface area contributed by atoms with Crippen LogP contribution in [0, 0.1) is 34.9 Å². The first-order chi connectivity index (χ1) is 20.4. The van der Waals surface area contributed by atoms with E-state index in [0.29, 0.717) is 16.0 Å². The Labute approximate surface area is 250 Å². The summed E-state index contributed by atoms with van der Waals surface area (Å²) in [5.41, 5.74) is 5.11. The summed E-state index contributed by atoms with van der Waals surface area (Å²) in [5.74, 6) is -7.90. The predicted molar refractivity (Wildman–Crippen MR) is 149 cm³/mol. The molecule has 13 heteroatoms. The number of methoxy groups -OCH3 is 2. The Morgan fingerprint density at radius 2 is 1.70 bits per heavy atom. The molecule has 2 heterocycles. The molecule has 2 aliphatic carbocycles. The fourth-order valence-corrected chi connectivity index (χ4v) is 7.74. The average Bonchev–Trinajstić information content (AvgIpc) is 3.34. The maximum absolute atomic E-state index is 14.4. The number of nitrogens with zero attached hydrogens (tertiary/aromatic N) is 2. The number of imide groups is 4. The molecule has 2 aromatic carbocycles. The van der Waals surface area contributed by atoms with Gasteiger partial charge in [0.15, 0.2) is 11.5 Å². The van der Waals surface area contributed by atoms with E-state index in [1.165, 1.54) is 38.5 Å². The number of carbonyl (C=O) groups is 5. The lowest BCUT2D eigenvalue weighted by atomic mass is 9.51. The number of benzene rings is 2. The number of amides is 6. The molecule has 224 valence electrons. The van der Waals surface area contributed by atoms with Crippen LogP contribution in [0.3, 0.4) is 0 Å². The van der Waals surface area contributed by atoms with Crippen LogP contribution in [0.2, 0.25) is 5.02 Å². The maximum Gasteiger partial charge on any atom is 0.328 e. The topological polar surface area (TPSA) is 157 Å². The van der Waals surface area contributed by atoms with Crippen molar-refractivity contribution < 1.29 is 42.9 Å². The number of hydrogen-bond donors (Lipinski definition) is 2. The molecule has 0 bridgehead atoms. The second-order valence-corrected chi connectivity index (χ2v) is 11.8. The Balaban J connectivity index is 1.57. The van der Waals surface area contributed by atoms with Crippen molar-refractivity contribution in [2.75, 3.05) is 19.1 Å². The third-order valence-electron chi connectivity index (χ3n) is 9.49. The highest BCUT2D eigenvalue weighted by Crippen LogP contribution is 2.64. The minimum atomic E-state index is -1.44. The van der Waals surface area contributed by atoms with Crippen LogP contribution in [0.5, 0.6) is 17.2 Å². The molecule has 6 amide bonds. The van der Waals surface area contributed by atoms with Crippen molar-refractivity contribution in [3.05, 3.63) is 58.4 Å². The van der Waals surface area contributed by atoms with Gasteiger partial charge < -0.3 is 20.3 Å². The third kappa shape index (κ3) is 3.81. The number of halogens is 2. The number of nitrogens with two attached hydrogens (primary N) is 1. The minimum Gasteiger partial charge on any atom is -0.502 e. The quantitative estimate of drug-likeness (QED) is 0.393. The smallest absolute Gasteiger partial charge is 0.328 e. The number of likely N-dealkylation sites (tertiary alicyclic amines) is 1. The van der Waals surface area contributed by atoms with Crippen molar-refractivity contribution >= 4 is 46.9 Å². The number of ether oxygens (including phenoxy) is 2. The summed E-state index contributed by atoms with van der Waals surface area (Å²) in [7, 11) is 2.70. The molecule has 0 spiro atoms. The Bertz CT molecular complexity index is 1650. The highest BCUT2D eigenvalue weighted by molar-refractivity contribution is 6.31. The number of rotatable bonds is 4. The lowest BCUT2D eigenvalue weighted by Crippen LogP contribution is -2.49. The second-order valence-electron chi connectivity index (χ2n) is 11.4. The van der Waals surface area contributed by atoms with E-state index in [4.69, 9.17) is 26.8 Å². The Hall–Kier alpha value is -4.45. The van der Waals surface area contributed by atoms with Crippen LogP contribution < -0.4 is 20.1 Å². The number of phenolic OH excluding ortho intramolecular Hbond substituents is 1. The normalized spacial score (nSPS) is 29.7. The second kappa shape index (κ2) is 9.80. The van der Waals surface area contributed by atoms with Gasteiger partial charge in [0.25, 0.3) is 0 Å². The van der Waals surface area contributed by atoms with Gasteiger partial charge in [-0.3, -0.25) is 19.2 Å². The van der Waals surface area contributed by atoms with E-state index in [9.17, 15) is 33.5 Å². The zero-order valence-electron chi connectivity index (χ0n) is 23.3. The van der Waals surface area contributed by atoms with Crippen LogP contribution >= 0.6 is 11.6 Å². The SMILES string of the molecule is COc1cc([C@H]2C3=CC[C@@H]4C(=O)N(C(N)=O)C(=O)[C@@H]4[C@@H]3C[C@H]3C(=O)N(c4ccc(F)c(Cl)c4)C(=O)[C@@]23C)cc(OC)c1O. The molecular weight excluding hydrogens is 585 g/mol. The summed E-state index contributed by atoms with van der Waals surface area (Å²) in [5, 5.41) is 10.4. The monoisotopic (exact) mass is 611 g/mol. The van der Waals surface area contributed by atoms with Crippen molar-refractivity contribution in [3.63, 3.8) is 0 Å². The van der Waals surface area contributed by atoms with Gasteiger partial charge in [0.05, 0.1) is 48.1 Å². The molecule has 2 saturated heterocycles. The Morgan fingerprint density at radius 1 is 1.05 bits per heavy atom. The van der Waals surface area contributed by atoms with Gasteiger partial charge in [-0.1, -0.05) is 23.3 Å². The number of anilines is 1. The summed E-state index contributed by atoms with van der Waals surface area (Å²) < 4.78 is 24.8. The van der Waals surface area contributed by atoms with Gasteiger partial charge >= 0.3 is 6.03 Å². The molecule has 6 rings (SSSR count). The van der Waals surface area contributed by atoms with E-state index in [-0.39, 0.29) is 40.8 Å². The molecule has 6 atom stereocenters. The summed E-state index contributed by atoms with van der Waals surface area (Å²) in [6.45, 7) is 1.65. The third-order valence-corrected chi connectivity index (χ3v) is 9.78. The van der Waals surface area contributed by atoms with Crippen molar-refractivity contribution in [1.29, 1.82) is 0 Å². The first-order valence-electron chi connectivity index (χ1n) is 13.5. The maximum atomic E-state index is 14.4. The summed E-state index contributed by atoms with van der Waals surface area (Å²) in [4.78, 5) is 68.6. The standard InChI is InChI=1S/C30H27ClFN3O8/c1-30-17(26(38)34(28(30)40)13-4-7-19(32)18(31)10-13)11-16-14(5-6-15-22(16)27(39)35(25(15)37)29(33)41)23(30)12-8-20(42-2)24(36)21(9-12)43-3/h4-5,7-10,15-17,22-23,36H,6,11H2,1-3H3,(H2,33,41)/t15-,16+,17-,22-,23-,30+/m0/s1. The molecule has 2 aliphatic heterocycles. The van der Waals surface area contributed by atoms with Gasteiger partial charge in [-0.05, 0) is 61.6 Å². The molecule has 11 nitrogen and oxygen atoms in total. The van der Waals surface area contributed by atoms with Gasteiger partial charge in [-0.15, -0.1) is 0 Å². The number of phenols is 1. The highest BCUT2D eigenvalue weighted by Gasteiger charge is 2.68. The number of carbonyl (C=O) groups excluding carboxylic acids is 5. The van der Waals surface area contributed by atoms with Gasteiger partial charge in [0.1, 0.15) is 5.82 Å². The van der Waals surface area contributed by atoms with Gasteiger partial charge in [-0.2, -0.15) is 4.90 Å². The van der Waals surface area contributed by atoms with Crippen LogP contribution in [0.1, 0.15) is 31.2 Å². The molecule has 0 unspecified atom stereocenters. The molecule has 4 aliphatic rings. The molecule has 0 aromatic heterocycles. The molecule has 3 fully saturated rings. The van der Waals surface area contributed by atoms with Crippen molar-refractivity contribution in [2.45, 2.75) is 25.7 Å². The summed E-state index contributed by atoms with van der Waals surface area (Å²) in [6.07, 6.45) is 1.91. The van der Waals surface area contributed by atoms with Crippen molar-refractivity contribution in [3.8, 4) is 17.2 Å². The van der Waals surface area contributed by atoms with E-state index in [0.717, 1.165) is 11.0 Å². The van der Waals surface area contributed by atoms with Gasteiger partial charge in [-0.25, -0.2) is 14.1 Å². The Kier molecular flexibility index (Phi) is 6.53. The molecule has 1 saturated carbocycles. The zero-order valence-corrected chi connectivity index (χ0v) is 24.1. The van der Waals surface area contributed by atoms with Gasteiger partial charge in [0, 0.05) is 5.92 Å². The van der Waals surface area contributed by atoms with E-state index in [2.05, 4.69) is 0 Å². The van der Waals surface area contributed by atoms with E-state index in [1.807, 2.05) is 0 Å². The zero-order chi connectivity index (χ0) is 31.1.